The van der Waals surface area contributed by atoms with Gasteiger partial charge >= 0.3 is 0 Å². The van der Waals surface area contributed by atoms with Gasteiger partial charge in [0.1, 0.15) is 0 Å². The summed E-state index contributed by atoms with van der Waals surface area (Å²) in [5.41, 5.74) is 8.20. The largest absolute Gasteiger partial charge is 0.0654 e. The monoisotopic (exact) mass is 654 g/mol. The van der Waals surface area contributed by atoms with Gasteiger partial charge in [-0.05, 0) is 126 Å². The summed E-state index contributed by atoms with van der Waals surface area (Å²) in [5.74, 6) is 0. The van der Waals surface area contributed by atoms with Gasteiger partial charge in [-0.2, -0.15) is 0 Å². The van der Waals surface area contributed by atoms with Crippen LogP contribution in [0, 0.1) is 0 Å². The van der Waals surface area contributed by atoms with Crippen LogP contribution in [0.15, 0.2) is 121 Å². The lowest BCUT2D eigenvalue weighted by atomic mass is 9.83. The average molecular weight is 655 g/mol. The molecule has 0 aliphatic rings. The van der Waals surface area contributed by atoms with Crippen molar-refractivity contribution in [3.63, 3.8) is 0 Å². The van der Waals surface area contributed by atoms with E-state index in [1.165, 1.54) is 154 Å². The standard InChI is InChI=1S/C50H54/c1-3-5-7-9-11-13-19-37-25-29-39(30-26-37)49-45-33-41-21-15-17-23-43(41)35-47(45)50(48-36-44-24-18-16-22-42(44)34-46(48)49)40-31-27-38(28-32-40)20-14-12-10-8-6-4-2/h15-18,21-36H,3-14,19-20H2,1-2H3. The number of fused-ring (bicyclic) bond motifs is 4. The molecule has 0 saturated carbocycles. The van der Waals surface area contributed by atoms with Gasteiger partial charge in [0.05, 0.1) is 0 Å². The topological polar surface area (TPSA) is 0 Å². The van der Waals surface area contributed by atoms with Gasteiger partial charge in [0.25, 0.3) is 0 Å². The second-order valence-corrected chi connectivity index (χ2v) is 14.7. The van der Waals surface area contributed by atoms with Crippen LogP contribution in [0.25, 0.3) is 65.3 Å². The van der Waals surface area contributed by atoms with E-state index in [2.05, 4.69) is 135 Å². The van der Waals surface area contributed by atoms with Crippen molar-refractivity contribution in [1.82, 2.24) is 0 Å². The lowest BCUT2D eigenvalue weighted by molar-refractivity contribution is 0.607. The Morgan fingerprint density at radius 2 is 0.620 bits per heavy atom. The van der Waals surface area contributed by atoms with Gasteiger partial charge in [-0.1, -0.05) is 175 Å². The summed E-state index contributed by atoms with van der Waals surface area (Å²) in [6, 6.07) is 46.7. The minimum Gasteiger partial charge on any atom is -0.0654 e. The summed E-state index contributed by atoms with van der Waals surface area (Å²) < 4.78 is 0. The summed E-state index contributed by atoms with van der Waals surface area (Å²) in [7, 11) is 0. The van der Waals surface area contributed by atoms with Crippen LogP contribution in [0.3, 0.4) is 0 Å². The minimum atomic E-state index is 1.16. The van der Waals surface area contributed by atoms with Crippen molar-refractivity contribution in [2.45, 2.75) is 104 Å². The highest BCUT2D eigenvalue weighted by Gasteiger charge is 2.19. The maximum Gasteiger partial charge on any atom is -0.00259 e. The molecule has 0 heterocycles. The molecule has 0 radical (unpaired) electrons. The molecule has 7 aromatic carbocycles. The molecule has 0 N–H and O–H groups in total. The quantitative estimate of drug-likeness (QED) is 0.0718. The summed E-state index contributed by atoms with van der Waals surface area (Å²) in [4.78, 5) is 0. The van der Waals surface area contributed by atoms with Crippen LogP contribution >= 0.6 is 0 Å². The molecule has 0 nitrogen and oxygen atoms in total. The molecule has 50 heavy (non-hydrogen) atoms. The fourth-order valence-electron chi connectivity index (χ4n) is 8.12. The molecular formula is C50H54. The Morgan fingerprint density at radius 1 is 0.320 bits per heavy atom. The van der Waals surface area contributed by atoms with Crippen LogP contribution in [0.1, 0.15) is 102 Å². The van der Waals surface area contributed by atoms with Crippen molar-refractivity contribution in [1.29, 1.82) is 0 Å². The van der Waals surface area contributed by atoms with E-state index in [9.17, 15) is 0 Å². The third-order valence-electron chi connectivity index (χ3n) is 11.0. The molecule has 0 aliphatic carbocycles. The first-order valence-corrected chi connectivity index (χ1v) is 19.7. The van der Waals surface area contributed by atoms with Gasteiger partial charge < -0.3 is 0 Å². The van der Waals surface area contributed by atoms with Crippen LogP contribution < -0.4 is 0 Å². The van der Waals surface area contributed by atoms with Crippen molar-refractivity contribution < 1.29 is 0 Å². The van der Waals surface area contributed by atoms with Crippen LogP contribution in [0.4, 0.5) is 0 Å². The number of unbranched alkanes of at least 4 members (excludes halogenated alkanes) is 10. The van der Waals surface area contributed by atoms with E-state index in [0.717, 1.165) is 12.8 Å². The van der Waals surface area contributed by atoms with Crippen LogP contribution in [-0.2, 0) is 12.8 Å². The third kappa shape index (κ3) is 7.66. The van der Waals surface area contributed by atoms with Gasteiger partial charge in [-0.15, -0.1) is 0 Å². The fourth-order valence-corrected chi connectivity index (χ4v) is 8.12. The Bertz CT molecular complexity index is 1910. The minimum absolute atomic E-state index is 1.16. The normalized spacial score (nSPS) is 11.7. The van der Waals surface area contributed by atoms with Crippen LogP contribution in [0.2, 0.25) is 0 Å². The molecule has 0 atom stereocenters. The van der Waals surface area contributed by atoms with Crippen LogP contribution in [0.5, 0.6) is 0 Å². The average Bonchev–Trinajstić information content (AvgIpc) is 3.16. The molecule has 0 bridgehead atoms. The molecule has 7 aromatic rings. The zero-order valence-electron chi connectivity index (χ0n) is 30.4. The van der Waals surface area contributed by atoms with Gasteiger partial charge in [-0.25, -0.2) is 0 Å². The van der Waals surface area contributed by atoms with Crippen molar-refractivity contribution in [2.75, 3.05) is 0 Å². The number of aryl methyl sites for hydroxylation is 2. The Labute approximate surface area is 300 Å². The molecule has 254 valence electrons. The second-order valence-electron chi connectivity index (χ2n) is 14.7. The lowest BCUT2D eigenvalue weighted by Gasteiger charge is -2.20. The Balaban J connectivity index is 1.33. The lowest BCUT2D eigenvalue weighted by Crippen LogP contribution is -1.93. The second kappa shape index (κ2) is 16.5. The molecule has 0 saturated heterocycles. The van der Waals surface area contributed by atoms with E-state index in [1.54, 1.807) is 0 Å². The fraction of sp³-hybridized carbons (Fsp3) is 0.320. The molecule has 0 heteroatoms. The first kappa shape index (κ1) is 34.0. The zero-order valence-corrected chi connectivity index (χ0v) is 30.4. The molecular weight excluding hydrogens is 601 g/mol. The molecule has 0 spiro atoms. The summed E-state index contributed by atoms with van der Waals surface area (Å²) in [6.45, 7) is 4.59. The van der Waals surface area contributed by atoms with Gasteiger partial charge in [-0.3, -0.25) is 0 Å². The third-order valence-corrected chi connectivity index (χ3v) is 11.0. The number of benzene rings is 7. The predicted molar refractivity (Wildman–Crippen MR) is 221 cm³/mol. The van der Waals surface area contributed by atoms with E-state index in [-0.39, 0.29) is 0 Å². The Kier molecular flexibility index (Phi) is 11.3. The summed E-state index contributed by atoms with van der Waals surface area (Å²) >= 11 is 0. The number of hydrogen-bond donors (Lipinski definition) is 0. The zero-order chi connectivity index (χ0) is 34.1. The molecule has 0 aliphatic heterocycles. The first-order chi connectivity index (χ1) is 24.7. The van der Waals surface area contributed by atoms with Crippen LogP contribution in [-0.4, -0.2) is 0 Å². The van der Waals surface area contributed by atoms with E-state index >= 15 is 0 Å². The van der Waals surface area contributed by atoms with Crippen molar-refractivity contribution >= 4 is 43.1 Å². The first-order valence-electron chi connectivity index (χ1n) is 19.7. The van der Waals surface area contributed by atoms with Gasteiger partial charge in [0.15, 0.2) is 0 Å². The highest BCUT2D eigenvalue weighted by Crippen LogP contribution is 2.46. The summed E-state index contributed by atoms with van der Waals surface area (Å²) in [6.07, 6.45) is 18.4. The maximum atomic E-state index is 2.45. The molecule has 0 unspecified atom stereocenters. The van der Waals surface area contributed by atoms with Crippen molar-refractivity contribution in [2.24, 2.45) is 0 Å². The van der Waals surface area contributed by atoms with Crippen molar-refractivity contribution in [3.8, 4) is 22.3 Å². The highest BCUT2D eigenvalue weighted by molar-refractivity contribution is 6.25. The smallest absolute Gasteiger partial charge is 0.00259 e. The van der Waals surface area contributed by atoms with E-state index in [1.807, 2.05) is 0 Å². The van der Waals surface area contributed by atoms with E-state index < -0.39 is 0 Å². The molecule has 0 amide bonds. The van der Waals surface area contributed by atoms with Crippen molar-refractivity contribution in [3.05, 3.63) is 132 Å². The number of hydrogen-bond acceptors (Lipinski definition) is 0. The van der Waals surface area contributed by atoms with Gasteiger partial charge in [0, 0.05) is 0 Å². The summed E-state index contributed by atoms with van der Waals surface area (Å²) in [5, 5.41) is 10.5. The SMILES string of the molecule is CCCCCCCCc1ccc(-c2c3cc4ccccc4cc3c(-c3ccc(CCCCCCCC)cc3)c3cc4ccccc4cc23)cc1. The highest BCUT2D eigenvalue weighted by atomic mass is 14.2. The molecule has 0 aromatic heterocycles. The molecule has 7 rings (SSSR count). The predicted octanol–water partition coefficient (Wildman–Crippen LogP) is 15.4. The number of rotatable bonds is 16. The Hall–Kier alpha value is -4.42. The van der Waals surface area contributed by atoms with E-state index in [0.29, 0.717) is 0 Å². The van der Waals surface area contributed by atoms with Gasteiger partial charge in [0.2, 0.25) is 0 Å². The van der Waals surface area contributed by atoms with E-state index in [4.69, 9.17) is 0 Å². The Morgan fingerprint density at radius 3 is 0.940 bits per heavy atom. The maximum absolute atomic E-state index is 2.45. The molecule has 0 fully saturated rings.